The maximum atomic E-state index is 12.9. The van der Waals surface area contributed by atoms with E-state index in [-0.39, 0.29) is 31.1 Å². The molecule has 0 amide bonds. The van der Waals surface area contributed by atoms with E-state index >= 15 is 0 Å². The van der Waals surface area contributed by atoms with Gasteiger partial charge in [0.25, 0.3) is 0 Å². The second-order valence-corrected chi connectivity index (χ2v) is 21.0. The normalized spacial score (nSPS) is 12.2. The van der Waals surface area contributed by atoms with Gasteiger partial charge in [-0.25, -0.2) is 0 Å². The highest BCUT2D eigenvalue weighted by atomic mass is 16.6. The lowest BCUT2D eigenvalue weighted by molar-refractivity contribution is -0.167. The van der Waals surface area contributed by atoms with E-state index in [1.165, 1.54) is 205 Å². The summed E-state index contributed by atoms with van der Waals surface area (Å²) in [4.78, 5) is 38.2. The number of hydrogen-bond acceptors (Lipinski definition) is 6. The number of ether oxygens (including phenoxy) is 3. The summed E-state index contributed by atoms with van der Waals surface area (Å²) in [6.07, 6.45) is 71.5. The molecule has 0 aromatic heterocycles. The summed E-state index contributed by atoms with van der Waals surface area (Å²) in [6, 6.07) is 0. The van der Waals surface area contributed by atoms with Crippen LogP contribution in [-0.2, 0) is 28.6 Å². The monoisotopic (exact) mass is 983 g/mol. The van der Waals surface area contributed by atoms with Crippen LogP contribution in [0.15, 0.2) is 36.5 Å². The van der Waals surface area contributed by atoms with Crippen molar-refractivity contribution in [1.82, 2.24) is 0 Å². The summed E-state index contributed by atoms with van der Waals surface area (Å²) in [6.45, 7) is 6.64. The van der Waals surface area contributed by atoms with E-state index in [1.54, 1.807) is 0 Å². The fourth-order valence-corrected chi connectivity index (χ4v) is 9.18. The van der Waals surface area contributed by atoms with Crippen molar-refractivity contribution in [2.24, 2.45) is 0 Å². The molecular formula is C64H118O6. The van der Waals surface area contributed by atoms with Gasteiger partial charge in [-0.3, -0.25) is 14.4 Å². The van der Waals surface area contributed by atoms with Gasteiger partial charge >= 0.3 is 17.9 Å². The molecule has 0 spiro atoms. The molecule has 0 saturated heterocycles. The fourth-order valence-electron chi connectivity index (χ4n) is 9.18. The molecule has 70 heavy (non-hydrogen) atoms. The molecule has 0 aliphatic heterocycles. The Morgan fingerprint density at radius 3 is 0.829 bits per heavy atom. The van der Waals surface area contributed by atoms with Crippen LogP contribution in [0.25, 0.3) is 0 Å². The van der Waals surface area contributed by atoms with E-state index in [1.807, 2.05) is 0 Å². The van der Waals surface area contributed by atoms with Gasteiger partial charge in [0.2, 0.25) is 0 Å². The topological polar surface area (TPSA) is 78.9 Å². The van der Waals surface area contributed by atoms with Crippen LogP contribution >= 0.6 is 0 Å². The molecule has 0 aliphatic carbocycles. The fraction of sp³-hybridized carbons (Fsp3) is 0.859. The van der Waals surface area contributed by atoms with Crippen molar-refractivity contribution < 1.29 is 28.6 Å². The van der Waals surface area contributed by atoms with Crippen molar-refractivity contribution >= 4 is 17.9 Å². The van der Waals surface area contributed by atoms with Crippen LogP contribution in [0.3, 0.4) is 0 Å². The van der Waals surface area contributed by atoms with Crippen LogP contribution in [0.1, 0.15) is 335 Å². The van der Waals surface area contributed by atoms with E-state index < -0.39 is 6.10 Å². The molecule has 0 heterocycles. The minimum Gasteiger partial charge on any atom is -0.462 e. The molecule has 0 N–H and O–H groups in total. The minimum atomic E-state index is -0.781. The molecule has 410 valence electrons. The van der Waals surface area contributed by atoms with Gasteiger partial charge in [0.1, 0.15) is 13.2 Å². The Morgan fingerprint density at radius 2 is 0.514 bits per heavy atom. The standard InChI is InChI=1S/C64H118O6/c1-4-7-10-13-16-19-22-25-28-29-30-31-32-33-34-37-39-42-45-48-51-54-57-63(66)69-60-61(70-64(67)58-55-52-49-46-43-40-36-27-24-21-18-15-12-9-6-3)59-68-62(65)56-53-50-47-44-41-38-35-26-23-20-17-14-11-8-5-2/h18,21,26-27,35-36,61H,4-17,19-20,22-25,28-34,37-60H2,1-3H3/b21-18-,35-26-,36-27-. The number of unbranched alkanes of at least 4 members (excludes halogenated alkanes) is 40. The van der Waals surface area contributed by atoms with E-state index in [9.17, 15) is 14.4 Å². The van der Waals surface area contributed by atoms with Crippen LogP contribution in [-0.4, -0.2) is 37.2 Å². The lowest BCUT2D eigenvalue weighted by atomic mass is 10.0. The first-order valence-electron chi connectivity index (χ1n) is 31.0. The van der Waals surface area contributed by atoms with E-state index in [4.69, 9.17) is 14.2 Å². The van der Waals surface area contributed by atoms with Crippen LogP contribution in [0.4, 0.5) is 0 Å². The van der Waals surface area contributed by atoms with Crippen molar-refractivity contribution in [3.63, 3.8) is 0 Å². The summed E-state index contributed by atoms with van der Waals surface area (Å²) < 4.78 is 16.9. The molecule has 0 saturated carbocycles. The third-order valence-electron chi connectivity index (χ3n) is 13.9. The quantitative estimate of drug-likeness (QED) is 0.0261. The van der Waals surface area contributed by atoms with Gasteiger partial charge in [-0.05, 0) is 77.0 Å². The minimum absolute atomic E-state index is 0.0767. The van der Waals surface area contributed by atoms with Crippen LogP contribution in [0, 0.1) is 0 Å². The van der Waals surface area contributed by atoms with Gasteiger partial charge in [0.15, 0.2) is 6.10 Å². The summed E-state index contributed by atoms with van der Waals surface area (Å²) in [5, 5.41) is 0. The molecule has 0 radical (unpaired) electrons. The van der Waals surface area contributed by atoms with E-state index in [0.717, 1.165) is 89.9 Å². The largest absolute Gasteiger partial charge is 0.462 e. The maximum Gasteiger partial charge on any atom is 0.306 e. The van der Waals surface area contributed by atoms with Gasteiger partial charge in [0, 0.05) is 19.3 Å². The highest BCUT2D eigenvalue weighted by molar-refractivity contribution is 5.71. The third-order valence-corrected chi connectivity index (χ3v) is 13.9. The Bertz CT molecular complexity index is 1170. The molecule has 1 atom stereocenters. The molecule has 0 rings (SSSR count). The average Bonchev–Trinajstić information content (AvgIpc) is 3.36. The number of carbonyl (C=O) groups is 3. The molecule has 0 fully saturated rings. The second kappa shape index (κ2) is 59.2. The predicted molar refractivity (Wildman–Crippen MR) is 302 cm³/mol. The molecule has 0 bridgehead atoms. The summed E-state index contributed by atoms with van der Waals surface area (Å²) >= 11 is 0. The molecule has 0 aromatic rings. The molecule has 1 unspecified atom stereocenters. The first kappa shape index (κ1) is 67.6. The number of hydrogen-bond donors (Lipinski definition) is 0. The number of esters is 3. The van der Waals surface area contributed by atoms with Crippen molar-refractivity contribution in [3.05, 3.63) is 36.5 Å². The van der Waals surface area contributed by atoms with Crippen molar-refractivity contribution in [1.29, 1.82) is 0 Å². The zero-order valence-electron chi connectivity index (χ0n) is 47.1. The van der Waals surface area contributed by atoms with Crippen molar-refractivity contribution in [3.8, 4) is 0 Å². The van der Waals surface area contributed by atoms with Crippen LogP contribution in [0.5, 0.6) is 0 Å². The highest BCUT2D eigenvalue weighted by Crippen LogP contribution is 2.17. The Kier molecular flexibility index (Phi) is 57.2. The highest BCUT2D eigenvalue weighted by Gasteiger charge is 2.19. The molecule has 6 heteroatoms. The van der Waals surface area contributed by atoms with Crippen LogP contribution < -0.4 is 0 Å². The zero-order valence-corrected chi connectivity index (χ0v) is 47.1. The lowest BCUT2D eigenvalue weighted by Gasteiger charge is -2.18. The summed E-state index contributed by atoms with van der Waals surface area (Å²) in [7, 11) is 0. The maximum absolute atomic E-state index is 12.9. The van der Waals surface area contributed by atoms with Crippen molar-refractivity contribution in [2.75, 3.05) is 13.2 Å². The van der Waals surface area contributed by atoms with Crippen molar-refractivity contribution in [2.45, 2.75) is 341 Å². The van der Waals surface area contributed by atoms with Gasteiger partial charge in [0.05, 0.1) is 0 Å². The second-order valence-electron chi connectivity index (χ2n) is 21.0. The Balaban J connectivity index is 4.30. The molecular weight excluding hydrogens is 865 g/mol. The summed E-state index contributed by atoms with van der Waals surface area (Å²) in [5.74, 6) is -0.879. The molecule has 0 aliphatic rings. The zero-order chi connectivity index (χ0) is 50.7. The number of allylic oxidation sites excluding steroid dienone is 6. The third kappa shape index (κ3) is 56.5. The number of rotatable bonds is 57. The Labute approximate surface area is 435 Å². The smallest absolute Gasteiger partial charge is 0.306 e. The Morgan fingerprint density at radius 1 is 0.286 bits per heavy atom. The number of carbonyl (C=O) groups excluding carboxylic acids is 3. The Hall–Kier alpha value is -2.37. The predicted octanol–water partition coefficient (Wildman–Crippen LogP) is 20.8. The van der Waals surface area contributed by atoms with Crippen LogP contribution in [0.2, 0.25) is 0 Å². The van der Waals surface area contributed by atoms with Gasteiger partial charge in [-0.1, -0.05) is 276 Å². The lowest BCUT2D eigenvalue weighted by Crippen LogP contribution is -2.30. The first-order valence-corrected chi connectivity index (χ1v) is 31.0. The van der Waals surface area contributed by atoms with Gasteiger partial charge in [-0.15, -0.1) is 0 Å². The SMILES string of the molecule is CCCCC/C=C\C/C=C\CCCCCCCC(=O)OC(COC(=O)CCCCCCC/C=C\CCCCCCCC)COC(=O)CCCCCCCCCCCCCCCCCCCCCCCC. The average molecular weight is 984 g/mol. The van der Waals surface area contributed by atoms with Gasteiger partial charge < -0.3 is 14.2 Å². The first-order chi connectivity index (χ1) is 34.5. The molecule has 6 nitrogen and oxygen atoms in total. The summed E-state index contributed by atoms with van der Waals surface area (Å²) in [5.41, 5.74) is 0. The molecule has 0 aromatic carbocycles. The van der Waals surface area contributed by atoms with Gasteiger partial charge in [-0.2, -0.15) is 0 Å². The van der Waals surface area contributed by atoms with E-state index in [0.29, 0.717) is 19.3 Å². The van der Waals surface area contributed by atoms with E-state index in [2.05, 4.69) is 57.2 Å².